The van der Waals surface area contributed by atoms with Gasteiger partial charge < -0.3 is 9.84 Å². The molecule has 0 aromatic heterocycles. The van der Waals surface area contributed by atoms with Crippen molar-refractivity contribution in [1.29, 1.82) is 0 Å². The summed E-state index contributed by atoms with van der Waals surface area (Å²) in [6, 6.07) is 0. The minimum absolute atomic E-state index is 0.0353. The summed E-state index contributed by atoms with van der Waals surface area (Å²) in [5, 5.41) is 9.77. The summed E-state index contributed by atoms with van der Waals surface area (Å²) in [6.07, 6.45) is 6.01. The van der Waals surface area contributed by atoms with E-state index in [1.54, 1.807) is 0 Å². The minimum atomic E-state index is -0.693. The SMILES string of the molecule is CC1CC(C(=O)O)(N2CCCCCC2)CC(C)O1. The van der Waals surface area contributed by atoms with E-state index in [4.69, 9.17) is 4.74 Å². The maximum Gasteiger partial charge on any atom is 0.324 e. The maximum atomic E-state index is 11.9. The maximum absolute atomic E-state index is 11.9. The van der Waals surface area contributed by atoms with E-state index in [2.05, 4.69) is 4.90 Å². The molecule has 0 radical (unpaired) electrons. The molecule has 0 spiro atoms. The van der Waals surface area contributed by atoms with Gasteiger partial charge in [0.15, 0.2) is 0 Å². The molecule has 104 valence electrons. The zero-order valence-electron chi connectivity index (χ0n) is 11.5. The largest absolute Gasteiger partial charge is 0.480 e. The van der Waals surface area contributed by atoms with Crippen LogP contribution >= 0.6 is 0 Å². The summed E-state index contributed by atoms with van der Waals surface area (Å²) in [6.45, 7) is 5.83. The van der Waals surface area contributed by atoms with Crippen LogP contribution in [0.15, 0.2) is 0 Å². The number of likely N-dealkylation sites (tertiary alicyclic amines) is 1. The molecule has 0 aromatic carbocycles. The molecular weight excluding hydrogens is 230 g/mol. The van der Waals surface area contributed by atoms with Gasteiger partial charge in [-0.15, -0.1) is 0 Å². The molecule has 1 N–H and O–H groups in total. The lowest BCUT2D eigenvalue weighted by atomic mass is 9.82. The lowest BCUT2D eigenvalue weighted by Crippen LogP contribution is -2.60. The second-order valence-electron chi connectivity index (χ2n) is 5.90. The van der Waals surface area contributed by atoms with Crippen LogP contribution in [0.3, 0.4) is 0 Å². The molecule has 2 unspecified atom stereocenters. The smallest absolute Gasteiger partial charge is 0.324 e. The highest BCUT2D eigenvalue weighted by molar-refractivity contribution is 5.79. The van der Waals surface area contributed by atoms with E-state index in [-0.39, 0.29) is 12.2 Å². The van der Waals surface area contributed by atoms with Crippen LogP contribution in [0.1, 0.15) is 52.4 Å². The number of nitrogens with zero attached hydrogens (tertiary/aromatic N) is 1. The van der Waals surface area contributed by atoms with Crippen LogP contribution in [0.25, 0.3) is 0 Å². The molecule has 0 amide bonds. The molecular formula is C14H25NO3. The first-order valence-corrected chi connectivity index (χ1v) is 7.18. The standard InChI is InChI=1S/C14H25NO3/c1-11-9-14(13(16)17,10-12(2)18-11)15-7-5-3-4-6-8-15/h11-12H,3-10H2,1-2H3,(H,16,17). The molecule has 4 nitrogen and oxygen atoms in total. The van der Waals surface area contributed by atoms with Crippen molar-refractivity contribution in [3.8, 4) is 0 Å². The van der Waals surface area contributed by atoms with Crippen molar-refractivity contribution in [3.05, 3.63) is 0 Å². The molecule has 0 aromatic rings. The average Bonchev–Trinajstić information content (AvgIpc) is 2.55. The third-order valence-corrected chi connectivity index (χ3v) is 4.32. The Bertz CT molecular complexity index is 287. The number of hydrogen-bond donors (Lipinski definition) is 1. The van der Waals surface area contributed by atoms with Crippen LogP contribution in [0.5, 0.6) is 0 Å². The van der Waals surface area contributed by atoms with Gasteiger partial charge in [-0.2, -0.15) is 0 Å². The zero-order chi connectivity index (χ0) is 13.2. The molecule has 2 fully saturated rings. The van der Waals surface area contributed by atoms with Crippen LogP contribution in [-0.2, 0) is 9.53 Å². The van der Waals surface area contributed by atoms with Gasteiger partial charge in [0.1, 0.15) is 5.54 Å². The third-order valence-electron chi connectivity index (χ3n) is 4.32. The molecule has 2 aliphatic rings. The first-order chi connectivity index (χ1) is 8.54. The van der Waals surface area contributed by atoms with Crippen molar-refractivity contribution in [1.82, 2.24) is 4.90 Å². The van der Waals surface area contributed by atoms with Crippen LogP contribution in [-0.4, -0.2) is 46.8 Å². The van der Waals surface area contributed by atoms with E-state index in [1.165, 1.54) is 12.8 Å². The third kappa shape index (κ3) is 2.69. The second kappa shape index (κ2) is 5.57. The Morgan fingerprint density at radius 3 is 2.06 bits per heavy atom. The van der Waals surface area contributed by atoms with E-state index in [9.17, 15) is 9.90 Å². The van der Waals surface area contributed by atoms with Crippen LogP contribution < -0.4 is 0 Å². The van der Waals surface area contributed by atoms with Gasteiger partial charge in [0.25, 0.3) is 0 Å². The average molecular weight is 255 g/mol. The first kappa shape index (κ1) is 13.8. The van der Waals surface area contributed by atoms with Crippen LogP contribution in [0.2, 0.25) is 0 Å². The molecule has 2 heterocycles. The molecule has 2 aliphatic heterocycles. The Balaban J connectivity index is 2.21. The normalized spacial score (nSPS) is 39.2. The number of rotatable bonds is 2. The van der Waals surface area contributed by atoms with Gasteiger partial charge in [0.05, 0.1) is 12.2 Å². The number of ether oxygens (including phenoxy) is 1. The highest BCUT2D eigenvalue weighted by atomic mass is 16.5. The van der Waals surface area contributed by atoms with Crippen molar-refractivity contribution in [2.45, 2.75) is 70.1 Å². The van der Waals surface area contributed by atoms with Gasteiger partial charge in [-0.1, -0.05) is 12.8 Å². The molecule has 0 saturated carbocycles. The molecule has 0 bridgehead atoms. The Hall–Kier alpha value is -0.610. The van der Waals surface area contributed by atoms with Gasteiger partial charge in [-0.05, 0) is 39.8 Å². The molecule has 18 heavy (non-hydrogen) atoms. The van der Waals surface area contributed by atoms with Crippen molar-refractivity contribution in [2.75, 3.05) is 13.1 Å². The quantitative estimate of drug-likeness (QED) is 0.822. The number of carbonyl (C=O) groups is 1. The fraction of sp³-hybridized carbons (Fsp3) is 0.929. The summed E-state index contributed by atoms with van der Waals surface area (Å²) in [7, 11) is 0. The molecule has 2 saturated heterocycles. The van der Waals surface area contributed by atoms with E-state index in [1.807, 2.05) is 13.8 Å². The predicted molar refractivity (Wildman–Crippen MR) is 69.7 cm³/mol. The topological polar surface area (TPSA) is 49.8 Å². The lowest BCUT2D eigenvalue weighted by molar-refractivity contribution is -0.169. The summed E-state index contributed by atoms with van der Waals surface area (Å²) in [4.78, 5) is 14.1. The Morgan fingerprint density at radius 2 is 1.61 bits per heavy atom. The van der Waals surface area contributed by atoms with Gasteiger partial charge in [-0.3, -0.25) is 9.69 Å². The molecule has 4 heteroatoms. The van der Waals surface area contributed by atoms with Gasteiger partial charge in [-0.25, -0.2) is 0 Å². The predicted octanol–water partition coefficient (Wildman–Crippen LogP) is 2.27. The van der Waals surface area contributed by atoms with E-state index in [0.29, 0.717) is 12.8 Å². The van der Waals surface area contributed by atoms with Crippen LogP contribution in [0.4, 0.5) is 0 Å². The fourth-order valence-corrected chi connectivity index (χ4v) is 3.59. The van der Waals surface area contributed by atoms with Crippen LogP contribution in [0, 0.1) is 0 Å². The Labute approximate surface area is 109 Å². The highest BCUT2D eigenvalue weighted by Crippen LogP contribution is 2.35. The summed E-state index contributed by atoms with van der Waals surface area (Å²) in [5.41, 5.74) is -0.693. The minimum Gasteiger partial charge on any atom is -0.480 e. The lowest BCUT2D eigenvalue weighted by Gasteiger charge is -2.46. The van der Waals surface area contributed by atoms with E-state index < -0.39 is 11.5 Å². The number of aliphatic carboxylic acids is 1. The van der Waals surface area contributed by atoms with Gasteiger partial charge in [0, 0.05) is 12.8 Å². The molecule has 2 rings (SSSR count). The second-order valence-corrected chi connectivity index (χ2v) is 5.90. The van der Waals surface area contributed by atoms with E-state index >= 15 is 0 Å². The number of carboxylic acid groups (broad SMARTS) is 1. The Morgan fingerprint density at radius 1 is 1.11 bits per heavy atom. The summed E-state index contributed by atoms with van der Waals surface area (Å²) < 4.78 is 5.72. The van der Waals surface area contributed by atoms with Crippen molar-refractivity contribution >= 4 is 5.97 Å². The summed E-state index contributed by atoms with van der Waals surface area (Å²) in [5.74, 6) is -0.661. The first-order valence-electron chi connectivity index (χ1n) is 7.18. The fourth-order valence-electron chi connectivity index (χ4n) is 3.59. The molecule has 2 atom stereocenters. The molecule has 0 aliphatic carbocycles. The highest BCUT2D eigenvalue weighted by Gasteiger charge is 2.49. The van der Waals surface area contributed by atoms with E-state index in [0.717, 1.165) is 25.9 Å². The van der Waals surface area contributed by atoms with Gasteiger partial charge >= 0.3 is 5.97 Å². The Kier molecular flexibility index (Phi) is 4.28. The number of carboxylic acids is 1. The van der Waals surface area contributed by atoms with Crippen molar-refractivity contribution < 1.29 is 14.6 Å². The van der Waals surface area contributed by atoms with Gasteiger partial charge in [0.2, 0.25) is 0 Å². The van der Waals surface area contributed by atoms with Crippen molar-refractivity contribution in [2.24, 2.45) is 0 Å². The number of hydrogen-bond acceptors (Lipinski definition) is 3. The zero-order valence-corrected chi connectivity index (χ0v) is 11.5. The monoisotopic (exact) mass is 255 g/mol. The summed E-state index contributed by atoms with van der Waals surface area (Å²) >= 11 is 0. The van der Waals surface area contributed by atoms with Crippen molar-refractivity contribution in [3.63, 3.8) is 0 Å².